The molecule has 2 atom stereocenters. The van der Waals surface area contributed by atoms with Gasteiger partial charge in [0, 0.05) is 12.6 Å². The molecule has 2 unspecified atom stereocenters. The Hall–Kier alpha value is -3.65. The molecule has 3 rings (SSSR count). The number of sulfonamides is 1. The Labute approximate surface area is 232 Å². The smallest absolute Gasteiger partial charge is 0.264 e. The van der Waals surface area contributed by atoms with Crippen LogP contribution in [0.4, 0.5) is 5.69 Å². The second-order valence-electron chi connectivity index (χ2n) is 9.86. The zero-order valence-corrected chi connectivity index (χ0v) is 24.2. The zero-order chi connectivity index (χ0) is 28.6. The summed E-state index contributed by atoms with van der Waals surface area (Å²) in [7, 11) is -4.08. The van der Waals surface area contributed by atoms with Crippen LogP contribution in [-0.2, 0) is 26.2 Å². The summed E-state index contributed by atoms with van der Waals surface area (Å²) in [5, 5.41) is 2.99. The first kappa shape index (κ1) is 29.9. The number of rotatable bonds is 12. The van der Waals surface area contributed by atoms with Crippen LogP contribution >= 0.6 is 0 Å². The van der Waals surface area contributed by atoms with Crippen LogP contribution in [-0.4, -0.2) is 43.8 Å². The maximum atomic E-state index is 14.1. The average Bonchev–Trinajstić information content (AvgIpc) is 2.92. The molecule has 0 aliphatic heterocycles. The molecule has 3 aromatic rings. The molecule has 0 fully saturated rings. The largest absolute Gasteiger partial charge is 0.352 e. The van der Waals surface area contributed by atoms with Gasteiger partial charge in [-0.25, -0.2) is 8.42 Å². The van der Waals surface area contributed by atoms with Gasteiger partial charge in [-0.3, -0.25) is 13.9 Å². The number of amides is 2. The second kappa shape index (κ2) is 13.4. The Morgan fingerprint density at radius 2 is 1.49 bits per heavy atom. The van der Waals surface area contributed by atoms with Gasteiger partial charge >= 0.3 is 0 Å². The van der Waals surface area contributed by atoms with Crippen LogP contribution in [0.25, 0.3) is 0 Å². The highest BCUT2D eigenvalue weighted by molar-refractivity contribution is 7.92. The van der Waals surface area contributed by atoms with Crippen molar-refractivity contribution in [3.8, 4) is 0 Å². The molecule has 0 aliphatic carbocycles. The van der Waals surface area contributed by atoms with Crippen molar-refractivity contribution in [1.29, 1.82) is 0 Å². The van der Waals surface area contributed by atoms with E-state index in [0.717, 1.165) is 27.4 Å². The number of carbonyl (C=O) groups excluding carboxylic acids is 2. The Kier molecular flexibility index (Phi) is 10.3. The first-order valence-electron chi connectivity index (χ1n) is 13.4. The number of hydrogen-bond acceptors (Lipinski definition) is 4. The first-order chi connectivity index (χ1) is 18.6. The van der Waals surface area contributed by atoms with Crippen molar-refractivity contribution in [3.05, 3.63) is 95.6 Å². The van der Waals surface area contributed by atoms with Crippen molar-refractivity contribution >= 4 is 27.5 Å². The lowest BCUT2D eigenvalue weighted by atomic mass is 10.1. The summed E-state index contributed by atoms with van der Waals surface area (Å²) in [6, 6.07) is 22.2. The lowest BCUT2D eigenvalue weighted by Gasteiger charge is -2.34. The molecule has 39 heavy (non-hydrogen) atoms. The van der Waals surface area contributed by atoms with Crippen LogP contribution in [0.5, 0.6) is 0 Å². The molecule has 0 bridgehead atoms. The van der Waals surface area contributed by atoms with Gasteiger partial charge in [-0.2, -0.15) is 0 Å². The number of carbonyl (C=O) groups is 2. The monoisotopic (exact) mass is 549 g/mol. The topological polar surface area (TPSA) is 86.8 Å². The predicted octanol–water partition coefficient (Wildman–Crippen LogP) is 5.22. The number of nitrogens with zero attached hydrogens (tertiary/aromatic N) is 2. The normalized spacial score (nSPS) is 12.8. The number of anilines is 1. The van der Waals surface area contributed by atoms with E-state index in [1.165, 1.54) is 17.0 Å². The van der Waals surface area contributed by atoms with E-state index in [9.17, 15) is 18.0 Å². The Balaban J connectivity index is 2.07. The van der Waals surface area contributed by atoms with E-state index < -0.39 is 28.5 Å². The van der Waals surface area contributed by atoms with Crippen LogP contribution < -0.4 is 9.62 Å². The van der Waals surface area contributed by atoms with Crippen LogP contribution in [0.2, 0.25) is 0 Å². The molecular weight excluding hydrogens is 510 g/mol. The number of nitrogens with one attached hydrogen (secondary N) is 1. The van der Waals surface area contributed by atoms with E-state index in [4.69, 9.17) is 0 Å². The SMILES string of the molecule is CCC(C)NC(=O)C(CC)N(Cc1ccccc1)C(=O)CN(c1ccc(C)cc1C)S(=O)(=O)c1ccccc1. The lowest BCUT2D eigenvalue weighted by molar-refractivity contribution is -0.140. The third-order valence-electron chi connectivity index (χ3n) is 6.81. The third-order valence-corrected chi connectivity index (χ3v) is 8.59. The molecule has 3 aromatic carbocycles. The molecule has 0 saturated heterocycles. The van der Waals surface area contributed by atoms with Gasteiger partial charge in [-0.15, -0.1) is 0 Å². The Bertz CT molecular complexity index is 1360. The quantitative estimate of drug-likeness (QED) is 0.336. The van der Waals surface area contributed by atoms with Gasteiger partial charge < -0.3 is 10.2 Å². The predicted molar refractivity (Wildman–Crippen MR) is 156 cm³/mol. The standard InChI is InChI=1S/C31H39N3O4S/c1-6-25(5)32-31(36)28(7-2)33(21-26-14-10-8-11-15-26)30(35)22-34(29-19-18-23(3)20-24(29)4)39(37,38)27-16-12-9-13-17-27/h8-20,25,28H,6-7,21-22H2,1-5H3,(H,32,36). The molecule has 7 nitrogen and oxygen atoms in total. The summed E-state index contributed by atoms with van der Waals surface area (Å²) < 4.78 is 29.0. The molecule has 2 amide bonds. The highest BCUT2D eigenvalue weighted by Gasteiger charge is 2.34. The van der Waals surface area contributed by atoms with E-state index in [-0.39, 0.29) is 23.4 Å². The summed E-state index contributed by atoms with van der Waals surface area (Å²) >= 11 is 0. The van der Waals surface area contributed by atoms with E-state index in [1.807, 2.05) is 77.1 Å². The molecule has 1 N–H and O–H groups in total. The molecule has 0 spiro atoms. The molecule has 8 heteroatoms. The third kappa shape index (κ3) is 7.47. The Morgan fingerprint density at radius 1 is 0.872 bits per heavy atom. The fourth-order valence-electron chi connectivity index (χ4n) is 4.46. The van der Waals surface area contributed by atoms with E-state index in [0.29, 0.717) is 12.1 Å². The maximum absolute atomic E-state index is 14.1. The molecular formula is C31H39N3O4S. The Morgan fingerprint density at radius 3 is 2.05 bits per heavy atom. The minimum absolute atomic E-state index is 0.0506. The minimum atomic E-state index is -4.08. The second-order valence-corrected chi connectivity index (χ2v) is 11.7. The fraction of sp³-hybridized carbons (Fsp3) is 0.355. The highest BCUT2D eigenvalue weighted by Crippen LogP contribution is 2.28. The van der Waals surface area contributed by atoms with Gasteiger partial charge in [0.25, 0.3) is 10.0 Å². The summed E-state index contributed by atoms with van der Waals surface area (Å²) in [5.74, 6) is -0.704. The summed E-state index contributed by atoms with van der Waals surface area (Å²) in [6.45, 7) is 9.25. The zero-order valence-electron chi connectivity index (χ0n) is 23.4. The van der Waals surface area contributed by atoms with E-state index >= 15 is 0 Å². The molecule has 0 aromatic heterocycles. The maximum Gasteiger partial charge on any atom is 0.264 e. The van der Waals surface area contributed by atoms with Crippen molar-refractivity contribution < 1.29 is 18.0 Å². The fourth-order valence-corrected chi connectivity index (χ4v) is 5.96. The van der Waals surface area contributed by atoms with Gasteiger partial charge in [0.1, 0.15) is 12.6 Å². The molecule has 208 valence electrons. The highest BCUT2D eigenvalue weighted by atomic mass is 32.2. The van der Waals surface area contributed by atoms with Crippen molar-refractivity contribution in [1.82, 2.24) is 10.2 Å². The summed E-state index contributed by atoms with van der Waals surface area (Å²) in [4.78, 5) is 29.0. The van der Waals surface area contributed by atoms with Gasteiger partial charge in [-0.05, 0) is 62.9 Å². The summed E-state index contributed by atoms with van der Waals surface area (Å²) in [5.41, 5.74) is 3.00. The number of hydrogen-bond donors (Lipinski definition) is 1. The van der Waals surface area contributed by atoms with Crippen LogP contribution in [0.3, 0.4) is 0 Å². The molecule has 0 heterocycles. The summed E-state index contributed by atoms with van der Waals surface area (Å²) in [6.07, 6.45) is 1.14. The van der Waals surface area contributed by atoms with Gasteiger partial charge in [-0.1, -0.05) is 80.1 Å². The van der Waals surface area contributed by atoms with Gasteiger partial charge in [0.2, 0.25) is 11.8 Å². The number of benzene rings is 3. The molecule has 0 radical (unpaired) electrons. The average molecular weight is 550 g/mol. The van der Waals surface area contributed by atoms with Gasteiger partial charge in [0.05, 0.1) is 10.6 Å². The van der Waals surface area contributed by atoms with Gasteiger partial charge in [0.15, 0.2) is 0 Å². The molecule has 0 saturated carbocycles. The minimum Gasteiger partial charge on any atom is -0.352 e. The first-order valence-corrected chi connectivity index (χ1v) is 14.8. The van der Waals surface area contributed by atoms with Crippen LogP contribution in [0.1, 0.15) is 50.3 Å². The van der Waals surface area contributed by atoms with Crippen molar-refractivity contribution in [2.24, 2.45) is 0 Å². The van der Waals surface area contributed by atoms with E-state index in [1.54, 1.807) is 24.3 Å². The van der Waals surface area contributed by atoms with E-state index in [2.05, 4.69) is 5.32 Å². The van der Waals surface area contributed by atoms with Crippen LogP contribution in [0.15, 0.2) is 83.8 Å². The molecule has 0 aliphatic rings. The van der Waals surface area contributed by atoms with Crippen LogP contribution in [0, 0.1) is 13.8 Å². The van der Waals surface area contributed by atoms with Crippen molar-refractivity contribution in [3.63, 3.8) is 0 Å². The van der Waals surface area contributed by atoms with Crippen molar-refractivity contribution in [2.75, 3.05) is 10.8 Å². The lowest BCUT2D eigenvalue weighted by Crippen LogP contribution is -2.53. The van der Waals surface area contributed by atoms with Crippen molar-refractivity contribution in [2.45, 2.75) is 71.0 Å². The number of aryl methyl sites for hydroxylation is 2.